The van der Waals surface area contributed by atoms with Crippen molar-refractivity contribution in [2.24, 2.45) is 5.92 Å². The average Bonchev–Trinajstić information content (AvgIpc) is 3.46. The van der Waals surface area contributed by atoms with E-state index in [2.05, 4.69) is 56.9 Å². The molecule has 3 heterocycles. The smallest absolute Gasteiger partial charge is 0.444 e. The van der Waals surface area contributed by atoms with E-state index >= 15 is 0 Å². The summed E-state index contributed by atoms with van der Waals surface area (Å²) in [6.07, 6.45) is 0.435. The number of nitrogens with zero attached hydrogens (tertiary/aromatic N) is 2. The van der Waals surface area contributed by atoms with Crippen molar-refractivity contribution >= 4 is 40.5 Å². The molecule has 1 amide bonds. The molecule has 2 atom stereocenters. The summed E-state index contributed by atoms with van der Waals surface area (Å²) in [4.78, 5) is 23.3. The van der Waals surface area contributed by atoms with Crippen molar-refractivity contribution in [1.82, 2.24) is 14.9 Å². The minimum absolute atomic E-state index is 0.207. The lowest BCUT2D eigenvalue weighted by Crippen LogP contribution is -2.41. The van der Waals surface area contributed by atoms with E-state index in [1.807, 2.05) is 26.8 Å². The first-order chi connectivity index (χ1) is 17.3. The Hall–Kier alpha value is -2.62. The zero-order valence-electron chi connectivity index (χ0n) is 23.2. The first-order valence-electron chi connectivity index (χ1n) is 13.0. The van der Waals surface area contributed by atoms with Crippen LogP contribution < -0.4 is 5.46 Å². The number of amides is 1. The number of hydrogen-bond donors (Lipinski definition) is 1. The molecule has 8 nitrogen and oxygen atoms in total. The number of aromatic nitrogens is 2. The van der Waals surface area contributed by atoms with Crippen LogP contribution in [0.15, 0.2) is 30.3 Å². The maximum Gasteiger partial charge on any atom is 0.494 e. The second-order valence-corrected chi connectivity index (χ2v) is 12.4. The van der Waals surface area contributed by atoms with Gasteiger partial charge >= 0.3 is 13.2 Å². The lowest BCUT2D eigenvalue weighted by Gasteiger charge is -2.32. The second-order valence-electron chi connectivity index (χ2n) is 12.4. The van der Waals surface area contributed by atoms with E-state index in [1.54, 1.807) is 12.0 Å². The Labute approximate surface area is 219 Å². The molecule has 2 aliphatic rings. The number of benzene rings is 2. The highest BCUT2D eigenvalue weighted by Gasteiger charge is 2.51. The largest absolute Gasteiger partial charge is 0.494 e. The number of aromatic amines is 1. The summed E-state index contributed by atoms with van der Waals surface area (Å²) in [5.74, 6) is 0.983. The van der Waals surface area contributed by atoms with Gasteiger partial charge in [0.25, 0.3) is 0 Å². The Balaban J connectivity index is 1.47. The molecule has 2 aromatic carbocycles. The van der Waals surface area contributed by atoms with E-state index in [-0.39, 0.29) is 18.1 Å². The summed E-state index contributed by atoms with van der Waals surface area (Å²) in [5, 5.41) is 2.10. The minimum Gasteiger partial charge on any atom is -0.444 e. The molecule has 0 saturated carbocycles. The molecule has 2 saturated heterocycles. The molecule has 0 aliphatic carbocycles. The molecule has 198 valence electrons. The van der Waals surface area contributed by atoms with Crippen molar-refractivity contribution in [2.75, 3.05) is 20.3 Å². The van der Waals surface area contributed by atoms with Crippen LogP contribution in [0.5, 0.6) is 0 Å². The molecule has 37 heavy (non-hydrogen) atoms. The number of carbonyl (C=O) groups is 1. The minimum atomic E-state index is -0.570. The third kappa shape index (κ3) is 4.85. The van der Waals surface area contributed by atoms with Crippen LogP contribution in [0.3, 0.4) is 0 Å². The zero-order valence-corrected chi connectivity index (χ0v) is 23.2. The molecule has 2 fully saturated rings. The molecular weight excluding hydrogens is 469 g/mol. The summed E-state index contributed by atoms with van der Waals surface area (Å²) in [6, 6.07) is 10.2. The van der Waals surface area contributed by atoms with Gasteiger partial charge in [0.15, 0.2) is 0 Å². The third-order valence-corrected chi connectivity index (χ3v) is 7.77. The quantitative estimate of drug-likeness (QED) is 0.503. The Morgan fingerprint density at radius 2 is 1.86 bits per heavy atom. The first kappa shape index (κ1) is 26.0. The van der Waals surface area contributed by atoms with Gasteiger partial charge in [-0.05, 0) is 71.8 Å². The van der Waals surface area contributed by atoms with E-state index < -0.39 is 23.9 Å². The summed E-state index contributed by atoms with van der Waals surface area (Å²) in [7, 11) is 1.27. The zero-order chi connectivity index (χ0) is 26.8. The predicted molar refractivity (Wildman–Crippen MR) is 145 cm³/mol. The van der Waals surface area contributed by atoms with Gasteiger partial charge in [-0.25, -0.2) is 9.78 Å². The van der Waals surface area contributed by atoms with Gasteiger partial charge in [0.1, 0.15) is 11.4 Å². The number of nitrogens with one attached hydrogen (secondary N) is 1. The van der Waals surface area contributed by atoms with Crippen molar-refractivity contribution < 1.29 is 23.6 Å². The maximum atomic E-state index is 13.1. The second kappa shape index (κ2) is 9.00. The van der Waals surface area contributed by atoms with E-state index in [0.717, 1.165) is 39.5 Å². The number of rotatable bonds is 4. The Morgan fingerprint density at radius 3 is 2.51 bits per heavy atom. The summed E-state index contributed by atoms with van der Waals surface area (Å²) in [6.45, 7) is 15.0. The van der Waals surface area contributed by atoms with Gasteiger partial charge in [0, 0.05) is 25.0 Å². The molecule has 0 bridgehead atoms. The van der Waals surface area contributed by atoms with Crippen LogP contribution in [-0.2, 0) is 18.8 Å². The van der Waals surface area contributed by atoms with E-state index in [9.17, 15) is 4.79 Å². The van der Waals surface area contributed by atoms with Gasteiger partial charge in [-0.2, -0.15) is 0 Å². The molecule has 0 radical (unpaired) electrons. The highest BCUT2D eigenvalue weighted by Crippen LogP contribution is 2.38. The van der Waals surface area contributed by atoms with Gasteiger partial charge in [-0.1, -0.05) is 24.3 Å². The van der Waals surface area contributed by atoms with Crippen molar-refractivity contribution in [2.45, 2.75) is 77.7 Å². The SMILES string of the molecule is COCC1CC(c2nc3c(ccc4cc(B5OC(C)(C)C(C)(C)O5)ccc43)[nH]2)N(C(=O)OC(C)(C)C)C1. The van der Waals surface area contributed by atoms with Crippen molar-refractivity contribution in [3.05, 3.63) is 36.2 Å². The van der Waals surface area contributed by atoms with E-state index in [4.69, 9.17) is 23.8 Å². The average molecular weight is 507 g/mol. The standard InChI is InChI=1S/C28H38BN3O5/c1-26(2,3)35-25(33)32-15-17(16-34-8)13-22(32)24-30-21-12-9-18-14-19(10-11-20(18)23(21)31-24)29-36-27(4,5)28(6,7)37-29/h9-12,14,17,22H,13,15-16H2,1-8H3,(H,30,31). The highest BCUT2D eigenvalue weighted by molar-refractivity contribution is 6.62. The fourth-order valence-electron chi connectivity index (χ4n) is 5.18. The number of carbonyl (C=O) groups excluding carboxylic acids is 1. The van der Waals surface area contributed by atoms with Gasteiger partial charge in [0.2, 0.25) is 0 Å². The monoisotopic (exact) mass is 507 g/mol. The number of fused-ring (bicyclic) bond motifs is 3. The van der Waals surface area contributed by atoms with E-state index in [1.165, 1.54) is 0 Å². The van der Waals surface area contributed by atoms with Crippen LogP contribution in [0.4, 0.5) is 4.79 Å². The van der Waals surface area contributed by atoms with Crippen LogP contribution in [0.25, 0.3) is 21.8 Å². The number of ether oxygens (including phenoxy) is 2. The van der Waals surface area contributed by atoms with Crippen LogP contribution in [0.1, 0.15) is 66.8 Å². The molecule has 2 aliphatic heterocycles. The number of hydrogen-bond acceptors (Lipinski definition) is 6. The number of imidazole rings is 1. The molecule has 0 spiro atoms. The summed E-state index contributed by atoms with van der Waals surface area (Å²) in [5.41, 5.74) is 1.44. The lowest BCUT2D eigenvalue weighted by molar-refractivity contribution is 0.00578. The molecule has 1 N–H and O–H groups in total. The maximum absolute atomic E-state index is 13.1. The molecule has 2 unspecified atom stereocenters. The predicted octanol–water partition coefficient (Wildman–Crippen LogP) is 4.96. The molecule has 1 aromatic heterocycles. The van der Waals surface area contributed by atoms with Gasteiger partial charge in [0.05, 0.1) is 34.9 Å². The molecular formula is C28H38BN3O5. The van der Waals surface area contributed by atoms with Gasteiger partial charge in [-0.15, -0.1) is 0 Å². The number of methoxy groups -OCH3 is 1. The summed E-state index contributed by atoms with van der Waals surface area (Å²) >= 11 is 0. The van der Waals surface area contributed by atoms with Crippen LogP contribution in [0, 0.1) is 5.92 Å². The number of likely N-dealkylation sites (tertiary alicyclic amines) is 1. The van der Waals surface area contributed by atoms with Gasteiger partial charge in [-0.3, -0.25) is 4.90 Å². The summed E-state index contributed by atoms with van der Waals surface area (Å²) < 4.78 is 23.6. The molecule has 3 aromatic rings. The van der Waals surface area contributed by atoms with Crippen molar-refractivity contribution in [3.8, 4) is 0 Å². The van der Waals surface area contributed by atoms with E-state index in [0.29, 0.717) is 13.2 Å². The van der Waals surface area contributed by atoms with Crippen molar-refractivity contribution in [3.63, 3.8) is 0 Å². The molecule has 9 heteroatoms. The fourth-order valence-corrected chi connectivity index (χ4v) is 5.18. The Bertz CT molecular complexity index is 1310. The Morgan fingerprint density at radius 1 is 1.16 bits per heavy atom. The van der Waals surface area contributed by atoms with Crippen LogP contribution in [-0.4, -0.2) is 65.1 Å². The third-order valence-electron chi connectivity index (χ3n) is 7.77. The highest BCUT2D eigenvalue weighted by atomic mass is 16.7. The Kier molecular flexibility index (Phi) is 6.32. The van der Waals surface area contributed by atoms with Gasteiger partial charge < -0.3 is 23.8 Å². The van der Waals surface area contributed by atoms with Crippen molar-refractivity contribution in [1.29, 1.82) is 0 Å². The normalized spacial score (nSPS) is 23.4. The fraction of sp³-hybridized carbons (Fsp3) is 0.571. The lowest BCUT2D eigenvalue weighted by atomic mass is 9.78. The molecule has 5 rings (SSSR count). The topological polar surface area (TPSA) is 85.9 Å². The first-order valence-corrected chi connectivity index (χ1v) is 13.0. The van der Waals surface area contributed by atoms with Crippen LogP contribution >= 0.6 is 0 Å². The number of H-pyrrole nitrogens is 1. The van der Waals surface area contributed by atoms with Crippen LogP contribution in [0.2, 0.25) is 0 Å².